The molecular weight excluding hydrogens is 180 g/mol. The molecule has 0 bridgehead atoms. The van der Waals surface area contributed by atoms with Gasteiger partial charge >= 0.3 is 0 Å². The van der Waals surface area contributed by atoms with Gasteiger partial charge in [0.05, 0.1) is 21.3 Å². The molecule has 0 radical (unpaired) electrons. The minimum atomic E-state index is -1.23. The molecule has 0 N–H and O–H groups in total. The predicted octanol–water partition coefficient (Wildman–Crippen LogP) is 2.77. The first-order valence-corrected chi connectivity index (χ1v) is 8.41. The molecule has 0 aliphatic carbocycles. The second-order valence-corrected chi connectivity index (χ2v) is 10.3. The average molecular weight is 204 g/mol. The Kier molecular flexibility index (Phi) is 5.18. The zero-order chi connectivity index (χ0) is 10.5. The molecule has 0 amide bonds. The van der Waals surface area contributed by atoms with Crippen LogP contribution in [0.4, 0.5) is 0 Å². The average Bonchev–Trinajstić information content (AvgIpc) is 2.02. The lowest BCUT2D eigenvalue weighted by molar-refractivity contribution is 0.0877. The molecule has 0 rings (SSSR count). The third kappa shape index (κ3) is 3.08. The summed E-state index contributed by atoms with van der Waals surface area (Å²) in [6.07, 6.45) is 1.14. The molecule has 3 heteroatoms. The van der Waals surface area contributed by atoms with Gasteiger partial charge < -0.3 is 9.47 Å². The Balaban J connectivity index is 4.64. The highest BCUT2D eigenvalue weighted by Gasteiger charge is 2.41. The lowest BCUT2D eigenvalue weighted by atomic mass is 10.1. The molecule has 13 heavy (non-hydrogen) atoms. The summed E-state index contributed by atoms with van der Waals surface area (Å²) in [5.41, 5.74) is 0. The lowest BCUT2D eigenvalue weighted by Gasteiger charge is -2.42. The number of ether oxygens (including phenoxy) is 2. The fraction of sp³-hybridized carbons (Fsp3) is 1.00. The van der Waals surface area contributed by atoms with Crippen LogP contribution in [0.2, 0.25) is 24.7 Å². The summed E-state index contributed by atoms with van der Waals surface area (Å²) in [7, 11) is 2.33. The minimum Gasteiger partial charge on any atom is -0.384 e. The van der Waals surface area contributed by atoms with Crippen LogP contribution in [0.5, 0.6) is 0 Å². The van der Waals surface area contributed by atoms with Crippen LogP contribution in [-0.2, 0) is 9.47 Å². The molecular formula is C10H24O2Si. The summed E-state index contributed by atoms with van der Waals surface area (Å²) in [4.78, 5) is 0. The quantitative estimate of drug-likeness (QED) is 0.619. The van der Waals surface area contributed by atoms with E-state index in [9.17, 15) is 0 Å². The van der Waals surface area contributed by atoms with Crippen molar-refractivity contribution in [2.75, 3.05) is 27.4 Å². The molecule has 0 fully saturated rings. The predicted molar refractivity (Wildman–Crippen MR) is 60.1 cm³/mol. The molecule has 0 aliphatic heterocycles. The van der Waals surface area contributed by atoms with Crippen LogP contribution >= 0.6 is 0 Å². The Hall–Kier alpha value is 0.137. The van der Waals surface area contributed by atoms with Crippen LogP contribution < -0.4 is 0 Å². The van der Waals surface area contributed by atoms with Crippen molar-refractivity contribution >= 4 is 8.07 Å². The molecule has 0 aromatic heterocycles. The van der Waals surface area contributed by atoms with E-state index < -0.39 is 8.07 Å². The van der Waals surface area contributed by atoms with E-state index in [0.29, 0.717) is 0 Å². The van der Waals surface area contributed by atoms with Gasteiger partial charge in [0.25, 0.3) is 0 Å². The summed E-state index contributed by atoms with van der Waals surface area (Å²) in [5.74, 6) is 0. The van der Waals surface area contributed by atoms with Crippen molar-refractivity contribution in [3.8, 4) is 0 Å². The maximum Gasteiger partial charge on any atom is 0.0564 e. The summed E-state index contributed by atoms with van der Waals surface area (Å²) in [6.45, 7) is 11.0. The van der Waals surface area contributed by atoms with Gasteiger partial charge in [-0.3, -0.25) is 0 Å². The second kappa shape index (κ2) is 5.13. The van der Waals surface area contributed by atoms with Crippen molar-refractivity contribution < 1.29 is 9.47 Å². The third-order valence-corrected chi connectivity index (χ3v) is 6.93. The van der Waals surface area contributed by atoms with E-state index in [1.54, 1.807) is 14.2 Å². The zero-order valence-electron chi connectivity index (χ0n) is 9.94. The highest BCUT2D eigenvalue weighted by molar-refractivity contribution is 6.79. The Bertz CT molecular complexity index is 134. The Labute approximate surface area is 83.6 Å². The topological polar surface area (TPSA) is 18.5 Å². The molecule has 0 unspecified atom stereocenters. The van der Waals surface area contributed by atoms with Crippen molar-refractivity contribution in [2.24, 2.45) is 0 Å². The molecule has 0 saturated heterocycles. The smallest absolute Gasteiger partial charge is 0.0564 e. The van der Waals surface area contributed by atoms with Crippen LogP contribution in [0.3, 0.4) is 0 Å². The van der Waals surface area contributed by atoms with Crippen molar-refractivity contribution in [2.45, 2.75) is 38.0 Å². The van der Waals surface area contributed by atoms with Crippen LogP contribution in [0, 0.1) is 0 Å². The first-order chi connectivity index (χ1) is 5.93. The first kappa shape index (κ1) is 13.1. The van der Waals surface area contributed by atoms with E-state index >= 15 is 0 Å². The van der Waals surface area contributed by atoms with Gasteiger partial charge in [0.1, 0.15) is 0 Å². The standard InChI is InChI=1S/C10H24O2Si/c1-7-10(8-11-2,9-12-3)13(4,5)6/h7-9H2,1-6H3. The summed E-state index contributed by atoms with van der Waals surface area (Å²) in [6, 6.07) is 0. The highest BCUT2D eigenvalue weighted by atomic mass is 28.3. The molecule has 0 aliphatic rings. The molecule has 0 aromatic carbocycles. The second-order valence-electron chi connectivity index (χ2n) is 4.75. The molecule has 0 spiro atoms. The van der Waals surface area contributed by atoms with E-state index in [0.717, 1.165) is 19.6 Å². The van der Waals surface area contributed by atoms with Crippen LogP contribution in [-0.4, -0.2) is 35.5 Å². The molecule has 0 aromatic rings. The van der Waals surface area contributed by atoms with Gasteiger partial charge in [-0.15, -0.1) is 0 Å². The van der Waals surface area contributed by atoms with Crippen LogP contribution in [0.25, 0.3) is 0 Å². The lowest BCUT2D eigenvalue weighted by Crippen LogP contribution is -2.45. The largest absolute Gasteiger partial charge is 0.384 e. The maximum atomic E-state index is 5.33. The molecule has 0 heterocycles. The van der Waals surface area contributed by atoms with E-state index in [1.165, 1.54) is 0 Å². The number of rotatable bonds is 6. The Morgan fingerprint density at radius 1 is 1.00 bits per heavy atom. The monoisotopic (exact) mass is 204 g/mol. The normalized spacial score (nSPS) is 13.4. The number of hydrogen-bond donors (Lipinski definition) is 0. The Morgan fingerprint density at radius 2 is 1.38 bits per heavy atom. The Morgan fingerprint density at radius 3 is 1.54 bits per heavy atom. The summed E-state index contributed by atoms with van der Waals surface area (Å²) < 4.78 is 10.7. The van der Waals surface area contributed by atoms with E-state index in [1.807, 2.05) is 0 Å². The fourth-order valence-electron chi connectivity index (χ4n) is 1.76. The zero-order valence-corrected chi connectivity index (χ0v) is 10.9. The van der Waals surface area contributed by atoms with Crippen LogP contribution in [0.1, 0.15) is 13.3 Å². The van der Waals surface area contributed by atoms with Gasteiger partial charge in [0.2, 0.25) is 0 Å². The summed E-state index contributed by atoms with van der Waals surface area (Å²) >= 11 is 0. The van der Waals surface area contributed by atoms with Crippen molar-refractivity contribution in [1.82, 2.24) is 0 Å². The molecule has 0 atom stereocenters. The van der Waals surface area contributed by atoms with E-state index in [-0.39, 0.29) is 5.04 Å². The first-order valence-electron chi connectivity index (χ1n) is 4.91. The van der Waals surface area contributed by atoms with Crippen LogP contribution in [0.15, 0.2) is 0 Å². The third-order valence-electron chi connectivity index (χ3n) is 3.11. The van der Waals surface area contributed by atoms with Crippen molar-refractivity contribution in [3.05, 3.63) is 0 Å². The maximum absolute atomic E-state index is 5.33. The van der Waals surface area contributed by atoms with Gasteiger partial charge in [-0.05, 0) is 6.42 Å². The minimum absolute atomic E-state index is 0.274. The number of hydrogen-bond acceptors (Lipinski definition) is 2. The molecule has 0 saturated carbocycles. The van der Waals surface area contributed by atoms with E-state index in [2.05, 4.69) is 26.6 Å². The fourth-order valence-corrected chi connectivity index (χ4v) is 3.98. The van der Waals surface area contributed by atoms with E-state index in [4.69, 9.17) is 9.47 Å². The van der Waals surface area contributed by atoms with Gasteiger partial charge in [-0.25, -0.2) is 0 Å². The van der Waals surface area contributed by atoms with Crippen molar-refractivity contribution in [1.29, 1.82) is 0 Å². The van der Waals surface area contributed by atoms with Crippen molar-refractivity contribution in [3.63, 3.8) is 0 Å². The van der Waals surface area contributed by atoms with Gasteiger partial charge in [-0.2, -0.15) is 0 Å². The summed E-state index contributed by atoms with van der Waals surface area (Å²) in [5, 5.41) is 0.274. The SMILES string of the molecule is CCC(COC)(COC)[Si](C)(C)C. The van der Waals surface area contributed by atoms with Gasteiger partial charge in [0, 0.05) is 19.3 Å². The van der Waals surface area contributed by atoms with Gasteiger partial charge in [-0.1, -0.05) is 26.6 Å². The van der Waals surface area contributed by atoms with Gasteiger partial charge in [0.15, 0.2) is 0 Å². The highest BCUT2D eigenvalue weighted by Crippen LogP contribution is 2.41. The molecule has 80 valence electrons. The molecule has 2 nitrogen and oxygen atoms in total. The number of methoxy groups -OCH3 is 2.